The summed E-state index contributed by atoms with van der Waals surface area (Å²) in [6.07, 6.45) is 3.57. The molecule has 3 unspecified atom stereocenters. The lowest BCUT2D eigenvalue weighted by Gasteiger charge is -2.48. The van der Waals surface area contributed by atoms with Crippen LogP contribution in [-0.2, 0) is 25.3 Å². The van der Waals surface area contributed by atoms with Crippen LogP contribution in [0.4, 0.5) is 5.69 Å². The van der Waals surface area contributed by atoms with E-state index in [4.69, 9.17) is 19.6 Å². The summed E-state index contributed by atoms with van der Waals surface area (Å²) in [5, 5.41) is 12.4. The number of nitrogens with one attached hydrogen (secondary N) is 1. The van der Waals surface area contributed by atoms with E-state index in [9.17, 15) is 4.79 Å². The zero-order chi connectivity index (χ0) is 28.8. The molecular formula is C31H37N7O3. The maximum atomic E-state index is 13.5. The van der Waals surface area contributed by atoms with Crippen LogP contribution in [0, 0.1) is 19.3 Å². The normalized spacial score (nSPS) is 29.2. The highest BCUT2D eigenvalue weighted by atomic mass is 16.6. The van der Waals surface area contributed by atoms with Crippen LogP contribution in [0.15, 0.2) is 42.6 Å². The molecule has 4 aromatic rings. The molecule has 214 valence electrons. The zero-order valence-corrected chi connectivity index (χ0v) is 24.6. The van der Waals surface area contributed by atoms with Crippen LogP contribution < -0.4 is 4.90 Å². The summed E-state index contributed by atoms with van der Waals surface area (Å²) in [6, 6.07) is 13.0. The number of aromatic nitrogens is 6. The molecule has 4 fully saturated rings. The SMILES string of the molecule is Cc1nc(C2C3(C(=O)OC(C)(C)C)COC2(c2nc4c(C)cc(N5CC[C@](C)(c6ccccc6)C5)cn4n2)C3)n[nH]1. The fourth-order valence-electron chi connectivity index (χ4n) is 7.10. The number of anilines is 1. The zero-order valence-electron chi connectivity index (χ0n) is 24.6. The number of esters is 1. The first kappa shape index (κ1) is 26.1. The first-order chi connectivity index (χ1) is 19.4. The highest BCUT2D eigenvalue weighted by molar-refractivity contribution is 5.82. The van der Waals surface area contributed by atoms with Crippen molar-refractivity contribution in [2.24, 2.45) is 5.41 Å². The van der Waals surface area contributed by atoms with Gasteiger partial charge in [0.2, 0.25) is 0 Å². The molecule has 4 atom stereocenters. The molecule has 3 saturated heterocycles. The molecule has 8 rings (SSSR count). The second kappa shape index (κ2) is 8.61. The van der Waals surface area contributed by atoms with Crippen LogP contribution >= 0.6 is 0 Å². The van der Waals surface area contributed by atoms with Gasteiger partial charge in [-0.3, -0.25) is 9.89 Å². The second-order valence-electron chi connectivity index (χ2n) is 13.4. The molecule has 1 saturated carbocycles. The lowest BCUT2D eigenvalue weighted by Crippen LogP contribution is -2.57. The van der Waals surface area contributed by atoms with Crippen molar-refractivity contribution in [3.63, 3.8) is 0 Å². The van der Waals surface area contributed by atoms with Gasteiger partial charge < -0.3 is 14.4 Å². The number of carbonyl (C=O) groups excluding carboxylic acids is 1. The van der Waals surface area contributed by atoms with Gasteiger partial charge in [0, 0.05) is 24.9 Å². The summed E-state index contributed by atoms with van der Waals surface area (Å²) < 4.78 is 14.2. The van der Waals surface area contributed by atoms with E-state index in [2.05, 4.69) is 76.5 Å². The summed E-state index contributed by atoms with van der Waals surface area (Å²) >= 11 is 0. The van der Waals surface area contributed by atoms with Crippen molar-refractivity contribution in [2.75, 3.05) is 24.6 Å². The van der Waals surface area contributed by atoms with Gasteiger partial charge in [0.1, 0.15) is 22.4 Å². The van der Waals surface area contributed by atoms with E-state index in [1.807, 2.05) is 32.2 Å². The Balaban J connectivity index is 1.23. The topological polar surface area (TPSA) is 111 Å². The Kier molecular flexibility index (Phi) is 5.49. The van der Waals surface area contributed by atoms with Crippen molar-refractivity contribution in [2.45, 2.75) is 76.9 Å². The first-order valence-electron chi connectivity index (χ1n) is 14.4. The van der Waals surface area contributed by atoms with Gasteiger partial charge in [-0.25, -0.2) is 14.5 Å². The number of H-pyrrole nitrogens is 1. The number of rotatable bonds is 5. The maximum Gasteiger partial charge on any atom is 0.315 e. The van der Waals surface area contributed by atoms with Crippen LogP contribution in [0.1, 0.15) is 75.1 Å². The van der Waals surface area contributed by atoms with Crippen molar-refractivity contribution >= 4 is 17.3 Å². The van der Waals surface area contributed by atoms with Crippen LogP contribution in [0.5, 0.6) is 0 Å². The number of fused-ring (bicyclic) bond motifs is 2. The van der Waals surface area contributed by atoms with Gasteiger partial charge in [-0.15, -0.1) is 5.10 Å². The summed E-state index contributed by atoms with van der Waals surface area (Å²) in [6.45, 7) is 14.0. The summed E-state index contributed by atoms with van der Waals surface area (Å²) in [5.74, 6) is 1.03. The van der Waals surface area contributed by atoms with Crippen molar-refractivity contribution in [1.82, 2.24) is 29.8 Å². The third kappa shape index (κ3) is 3.90. The van der Waals surface area contributed by atoms with Crippen molar-refractivity contribution in [3.8, 4) is 0 Å². The van der Waals surface area contributed by atoms with Gasteiger partial charge in [0.05, 0.1) is 24.4 Å². The molecule has 3 aromatic heterocycles. The molecule has 0 amide bonds. The Labute approximate surface area is 239 Å². The standard InChI is InChI=1S/C31H37N7O3/c1-19-14-22(37-13-12-29(6,17-37)21-10-8-7-9-11-21)15-38-25(19)33-26(36-38)31-16-30(18-40-31,27(39)41-28(3,4)5)23(31)24-32-20(2)34-35-24/h7-11,14-15,23H,12-13,16-18H2,1-6H3,(H,32,34,35)/t23?,29-,30?,31?/m0/s1. The fourth-order valence-corrected chi connectivity index (χ4v) is 7.10. The van der Waals surface area contributed by atoms with Gasteiger partial charge >= 0.3 is 5.97 Å². The number of carbonyl (C=O) groups is 1. The molecule has 1 N–H and O–H groups in total. The molecule has 4 aliphatic rings. The largest absolute Gasteiger partial charge is 0.459 e. The number of hydrogen-bond acceptors (Lipinski definition) is 8. The molecule has 2 bridgehead atoms. The highest BCUT2D eigenvalue weighted by Gasteiger charge is 2.78. The van der Waals surface area contributed by atoms with Gasteiger partial charge in [-0.05, 0) is 58.2 Å². The molecule has 41 heavy (non-hydrogen) atoms. The first-order valence-corrected chi connectivity index (χ1v) is 14.4. The quantitative estimate of drug-likeness (QED) is 0.362. The average Bonchev–Trinajstić information content (AvgIpc) is 3.71. The minimum atomic E-state index is -0.899. The van der Waals surface area contributed by atoms with Gasteiger partial charge in [-0.1, -0.05) is 37.3 Å². The third-order valence-corrected chi connectivity index (χ3v) is 9.15. The van der Waals surface area contributed by atoms with E-state index >= 15 is 0 Å². The molecular weight excluding hydrogens is 518 g/mol. The molecule has 1 aromatic carbocycles. The number of ether oxygens (including phenoxy) is 2. The van der Waals surface area contributed by atoms with Crippen LogP contribution in [0.25, 0.3) is 5.65 Å². The Morgan fingerprint density at radius 2 is 1.95 bits per heavy atom. The number of pyridine rings is 1. The Bertz CT molecular complexity index is 1660. The lowest BCUT2D eigenvalue weighted by molar-refractivity contribution is -0.177. The molecule has 3 aliphatic heterocycles. The number of hydrogen-bond donors (Lipinski definition) is 1. The third-order valence-electron chi connectivity index (χ3n) is 9.15. The predicted molar refractivity (Wildman–Crippen MR) is 153 cm³/mol. The minimum Gasteiger partial charge on any atom is -0.459 e. The molecule has 0 spiro atoms. The fraction of sp³-hybridized carbons (Fsp3) is 0.516. The maximum absolute atomic E-state index is 13.5. The lowest BCUT2D eigenvalue weighted by atomic mass is 9.53. The second-order valence-corrected chi connectivity index (χ2v) is 13.4. The molecule has 10 nitrogen and oxygen atoms in total. The number of nitrogens with zero attached hydrogens (tertiary/aromatic N) is 6. The smallest absolute Gasteiger partial charge is 0.315 e. The Morgan fingerprint density at radius 3 is 2.66 bits per heavy atom. The Morgan fingerprint density at radius 1 is 1.17 bits per heavy atom. The average molecular weight is 556 g/mol. The minimum absolute atomic E-state index is 0.0904. The van der Waals surface area contributed by atoms with Crippen LogP contribution in [0.2, 0.25) is 0 Å². The Hall–Kier alpha value is -3.79. The van der Waals surface area contributed by atoms with E-state index in [1.54, 1.807) is 0 Å². The van der Waals surface area contributed by atoms with Crippen molar-refractivity contribution in [1.29, 1.82) is 0 Å². The number of aromatic amines is 1. The van der Waals surface area contributed by atoms with E-state index in [0.717, 1.165) is 36.4 Å². The van der Waals surface area contributed by atoms with Crippen LogP contribution in [-0.4, -0.2) is 61.0 Å². The van der Waals surface area contributed by atoms with E-state index in [0.29, 0.717) is 23.9 Å². The van der Waals surface area contributed by atoms with Crippen molar-refractivity contribution in [3.05, 3.63) is 71.2 Å². The van der Waals surface area contributed by atoms with E-state index in [-0.39, 0.29) is 18.0 Å². The summed E-state index contributed by atoms with van der Waals surface area (Å²) in [5.41, 5.74) is 1.99. The molecule has 0 radical (unpaired) electrons. The van der Waals surface area contributed by atoms with Gasteiger partial charge in [0.15, 0.2) is 17.3 Å². The van der Waals surface area contributed by atoms with Gasteiger partial charge in [-0.2, -0.15) is 5.10 Å². The predicted octanol–water partition coefficient (Wildman–Crippen LogP) is 4.37. The van der Waals surface area contributed by atoms with Crippen LogP contribution in [0.3, 0.4) is 0 Å². The van der Waals surface area contributed by atoms with Crippen molar-refractivity contribution < 1.29 is 14.3 Å². The molecule has 1 aliphatic carbocycles. The molecule has 10 heteroatoms. The molecule has 6 heterocycles. The van der Waals surface area contributed by atoms with Gasteiger partial charge in [0.25, 0.3) is 0 Å². The van der Waals surface area contributed by atoms with E-state index < -0.39 is 22.5 Å². The highest BCUT2D eigenvalue weighted by Crippen LogP contribution is 2.71. The summed E-state index contributed by atoms with van der Waals surface area (Å²) in [4.78, 5) is 25.6. The monoisotopic (exact) mass is 555 g/mol. The summed E-state index contributed by atoms with van der Waals surface area (Å²) in [7, 11) is 0. The number of aryl methyl sites for hydroxylation is 2. The van der Waals surface area contributed by atoms with E-state index in [1.165, 1.54) is 5.56 Å². The number of benzene rings is 1.